The van der Waals surface area contributed by atoms with Crippen LogP contribution in [0.5, 0.6) is 0 Å². The molecule has 0 bridgehead atoms. The maximum absolute atomic E-state index is 10.9. The predicted octanol–water partition coefficient (Wildman–Crippen LogP) is 4.52. The van der Waals surface area contributed by atoms with Crippen LogP contribution in [-0.2, 0) is 5.60 Å². The summed E-state index contributed by atoms with van der Waals surface area (Å²) in [4.78, 5) is 0. The second kappa shape index (κ2) is 5.06. The van der Waals surface area contributed by atoms with Gasteiger partial charge in [-0.1, -0.05) is 55.0 Å². The molecule has 1 N–H and O–H groups in total. The first-order valence-corrected chi connectivity index (χ1v) is 7.48. The Labute approximate surface area is 121 Å². The smallest absolute Gasteiger partial charge is 0.112 e. The first-order valence-electron chi connectivity index (χ1n) is 7.48. The molecular weight excluding hydrogens is 244 g/mol. The van der Waals surface area contributed by atoms with Crippen molar-refractivity contribution in [2.24, 2.45) is 0 Å². The molecule has 1 fully saturated rings. The van der Waals surface area contributed by atoms with E-state index >= 15 is 0 Å². The third-order valence-electron chi connectivity index (χ3n) is 4.72. The van der Waals surface area contributed by atoms with Gasteiger partial charge < -0.3 is 5.11 Å². The molecule has 1 atom stereocenters. The molecule has 1 heteroatoms. The van der Waals surface area contributed by atoms with Crippen LogP contribution in [0.1, 0.15) is 54.4 Å². The largest absolute Gasteiger partial charge is 0.381 e. The van der Waals surface area contributed by atoms with Gasteiger partial charge in [0, 0.05) is 0 Å². The molecular formula is C19H22O. The number of aryl methyl sites for hydroxylation is 1. The van der Waals surface area contributed by atoms with Gasteiger partial charge in [0.1, 0.15) is 5.60 Å². The molecule has 0 aliphatic heterocycles. The van der Waals surface area contributed by atoms with Crippen molar-refractivity contribution in [3.63, 3.8) is 0 Å². The minimum Gasteiger partial charge on any atom is -0.381 e. The van der Waals surface area contributed by atoms with Crippen molar-refractivity contribution in [3.8, 4) is 0 Å². The van der Waals surface area contributed by atoms with Crippen molar-refractivity contribution >= 4 is 0 Å². The fourth-order valence-corrected chi connectivity index (χ4v) is 3.10. The molecule has 104 valence electrons. The van der Waals surface area contributed by atoms with Crippen LogP contribution in [0, 0.1) is 6.92 Å². The van der Waals surface area contributed by atoms with Crippen LogP contribution in [-0.4, -0.2) is 5.11 Å². The van der Waals surface area contributed by atoms with Gasteiger partial charge in [0.15, 0.2) is 0 Å². The molecule has 1 nitrogen and oxygen atoms in total. The highest BCUT2D eigenvalue weighted by atomic mass is 16.3. The zero-order valence-corrected chi connectivity index (χ0v) is 12.3. The van der Waals surface area contributed by atoms with Gasteiger partial charge in [0.2, 0.25) is 0 Å². The molecule has 1 aliphatic carbocycles. The second-order valence-electron chi connectivity index (χ2n) is 6.14. The lowest BCUT2D eigenvalue weighted by Crippen LogP contribution is -2.24. The molecule has 0 heterocycles. The first kappa shape index (κ1) is 13.4. The Kier molecular flexibility index (Phi) is 3.39. The summed E-state index contributed by atoms with van der Waals surface area (Å²) in [7, 11) is 0. The van der Waals surface area contributed by atoms with Crippen LogP contribution >= 0.6 is 0 Å². The molecule has 0 saturated heterocycles. The van der Waals surface area contributed by atoms with Crippen LogP contribution in [0.15, 0.2) is 48.5 Å². The molecule has 0 amide bonds. The topological polar surface area (TPSA) is 20.2 Å². The molecule has 3 rings (SSSR count). The molecule has 20 heavy (non-hydrogen) atoms. The Morgan fingerprint density at radius 2 is 1.65 bits per heavy atom. The Balaban J connectivity index is 1.92. The van der Waals surface area contributed by atoms with Crippen molar-refractivity contribution in [1.29, 1.82) is 0 Å². The average Bonchev–Trinajstić information content (AvgIpc) is 2.38. The van der Waals surface area contributed by atoms with Crippen LogP contribution in [0.2, 0.25) is 0 Å². The maximum atomic E-state index is 10.9. The highest BCUT2D eigenvalue weighted by molar-refractivity contribution is 5.41. The van der Waals surface area contributed by atoms with E-state index in [0.29, 0.717) is 0 Å². The van der Waals surface area contributed by atoms with E-state index < -0.39 is 5.60 Å². The number of benzene rings is 2. The van der Waals surface area contributed by atoms with Crippen molar-refractivity contribution < 1.29 is 5.11 Å². The summed E-state index contributed by atoms with van der Waals surface area (Å²) in [5.41, 5.74) is 3.57. The number of hydrogen-bond acceptors (Lipinski definition) is 1. The summed E-state index contributed by atoms with van der Waals surface area (Å²) in [6, 6.07) is 16.6. The standard InChI is InChI=1S/C19H22O/c1-14-6-3-4-9-18(14)19(2,20)17-12-10-16(11-13-17)15-7-5-8-15/h3-4,6,9-13,15,20H,5,7-8H2,1-2H3. The fourth-order valence-electron chi connectivity index (χ4n) is 3.10. The normalized spacial score (nSPS) is 18.4. The predicted molar refractivity (Wildman–Crippen MR) is 82.9 cm³/mol. The van der Waals surface area contributed by atoms with E-state index in [4.69, 9.17) is 0 Å². The van der Waals surface area contributed by atoms with E-state index in [1.54, 1.807) is 0 Å². The minimum atomic E-state index is -0.927. The van der Waals surface area contributed by atoms with Crippen LogP contribution < -0.4 is 0 Å². The van der Waals surface area contributed by atoms with Gasteiger partial charge in [0.25, 0.3) is 0 Å². The minimum absolute atomic E-state index is 0.743. The SMILES string of the molecule is Cc1ccccc1C(C)(O)c1ccc(C2CCC2)cc1. The van der Waals surface area contributed by atoms with E-state index in [9.17, 15) is 5.11 Å². The summed E-state index contributed by atoms with van der Waals surface area (Å²) in [5.74, 6) is 0.743. The average molecular weight is 266 g/mol. The third kappa shape index (κ3) is 2.27. The Bertz CT molecular complexity index is 591. The Morgan fingerprint density at radius 3 is 2.20 bits per heavy atom. The van der Waals surface area contributed by atoms with Gasteiger partial charge in [-0.2, -0.15) is 0 Å². The summed E-state index contributed by atoms with van der Waals surface area (Å²) in [5, 5.41) is 10.9. The van der Waals surface area contributed by atoms with E-state index in [1.807, 2.05) is 38.1 Å². The van der Waals surface area contributed by atoms with Crippen LogP contribution in [0.3, 0.4) is 0 Å². The monoisotopic (exact) mass is 266 g/mol. The van der Waals surface area contributed by atoms with Gasteiger partial charge in [-0.25, -0.2) is 0 Å². The van der Waals surface area contributed by atoms with Crippen LogP contribution in [0.25, 0.3) is 0 Å². The quantitative estimate of drug-likeness (QED) is 0.866. The van der Waals surface area contributed by atoms with Gasteiger partial charge in [-0.05, 0) is 54.9 Å². The zero-order chi connectivity index (χ0) is 14.2. The molecule has 0 spiro atoms. The number of aliphatic hydroxyl groups is 1. The molecule has 2 aromatic carbocycles. The maximum Gasteiger partial charge on any atom is 0.112 e. The first-order chi connectivity index (χ1) is 9.59. The van der Waals surface area contributed by atoms with E-state index in [2.05, 4.69) is 24.3 Å². The van der Waals surface area contributed by atoms with E-state index in [0.717, 1.165) is 22.6 Å². The highest BCUT2D eigenvalue weighted by Crippen LogP contribution is 2.38. The summed E-state index contributed by atoms with van der Waals surface area (Å²) < 4.78 is 0. The van der Waals surface area contributed by atoms with Gasteiger partial charge in [0.05, 0.1) is 0 Å². The number of hydrogen-bond donors (Lipinski definition) is 1. The van der Waals surface area contributed by atoms with E-state index in [-0.39, 0.29) is 0 Å². The van der Waals surface area contributed by atoms with Crippen LogP contribution in [0.4, 0.5) is 0 Å². The summed E-state index contributed by atoms with van der Waals surface area (Å²) in [6.45, 7) is 3.93. The second-order valence-corrected chi connectivity index (χ2v) is 6.14. The van der Waals surface area contributed by atoms with Crippen molar-refractivity contribution in [2.45, 2.75) is 44.6 Å². The highest BCUT2D eigenvalue weighted by Gasteiger charge is 2.27. The number of rotatable bonds is 3. The van der Waals surface area contributed by atoms with E-state index in [1.165, 1.54) is 24.8 Å². The fraction of sp³-hybridized carbons (Fsp3) is 0.368. The molecule has 0 aromatic heterocycles. The van der Waals surface area contributed by atoms with Gasteiger partial charge in [-0.3, -0.25) is 0 Å². The van der Waals surface area contributed by atoms with Crippen molar-refractivity contribution in [1.82, 2.24) is 0 Å². The summed E-state index contributed by atoms with van der Waals surface area (Å²) in [6.07, 6.45) is 3.98. The lowest BCUT2D eigenvalue weighted by Gasteiger charge is -2.29. The zero-order valence-electron chi connectivity index (χ0n) is 12.3. The van der Waals surface area contributed by atoms with Crippen molar-refractivity contribution in [2.75, 3.05) is 0 Å². The Morgan fingerprint density at radius 1 is 1.00 bits per heavy atom. The molecule has 1 saturated carbocycles. The molecule has 1 unspecified atom stereocenters. The summed E-state index contributed by atoms with van der Waals surface area (Å²) >= 11 is 0. The molecule has 0 radical (unpaired) electrons. The lowest BCUT2D eigenvalue weighted by atomic mass is 9.78. The molecule has 1 aliphatic rings. The van der Waals surface area contributed by atoms with Gasteiger partial charge >= 0.3 is 0 Å². The lowest BCUT2D eigenvalue weighted by molar-refractivity contribution is 0.101. The molecule has 2 aromatic rings. The third-order valence-corrected chi connectivity index (χ3v) is 4.72. The Hall–Kier alpha value is -1.60. The van der Waals surface area contributed by atoms with Crippen molar-refractivity contribution in [3.05, 3.63) is 70.8 Å². The van der Waals surface area contributed by atoms with Gasteiger partial charge in [-0.15, -0.1) is 0 Å².